The quantitative estimate of drug-likeness (QED) is 0.239. The molecule has 192 valence electrons. The van der Waals surface area contributed by atoms with Crippen molar-refractivity contribution in [2.45, 2.75) is 69.9 Å². The van der Waals surface area contributed by atoms with Gasteiger partial charge >= 0.3 is 5.97 Å². The highest BCUT2D eigenvalue weighted by molar-refractivity contribution is 8.76. The van der Waals surface area contributed by atoms with Gasteiger partial charge in [0.2, 0.25) is 17.7 Å². The van der Waals surface area contributed by atoms with E-state index in [0.717, 1.165) is 5.75 Å². The highest BCUT2D eigenvalue weighted by Crippen LogP contribution is 2.24. The third kappa shape index (κ3) is 9.71. The van der Waals surface area contributed by atoms with Crippen LogP contribution < -0.4 is 16.0 Å². The van der Waals surface area contributed by atoms with E-state index in [-0.39, 0.29) is 18.8 Å². The standard InChI is InChI=1S/C22H35N3O6S3/c1-13(2)20-17(26)11-19(28)31-14-6-4-5-8-33-34-12-16(22(30)25-20)24-21(29)15(7-9-32-3)23-18(27)10-14/h4,6,13-17,20,26H,5,7-12H2,1-3H3,(H,23,27)(H,24,29)(H,25,30)/b6-4+/t14?,15-,16+,17?,20-/m0/s1. The Morgan fingerprint density at radius 3 is 2.59 bits per heavy atom. The number of amides is 3. The monoisotopic (exact) mass is 533 g/mol. The summed E-state index contributed by atoms with van der Waals surface area (Å²) in [7, 11) is 3.04. The fourth-order valence-corrected chi connectivity index (χ4v) is 6.20. The van der Waals surface area contributed by atoms with Crippen LogP contribution in [0.1, 0.15) is 39.5 Å². The molecular weight excluding hydrogens is 498 g/mol. The largest absolute Gasteiger partial charge is 0.457 e. The van der Waals surface area contributed by atoms with Crippen LogP contribution in [0.2, 0.25) is 0 Å². The lowest BCUT2D eigenvalue weighted by molar-refractivity contribution is -0.151. The number of hydrogen-bond donors (Lipinski definition) is 4. The van der Waals surface area contributed by atoms with Crippen molar-refractivity contribution in [1.29, 1.82) is 0 Å². The molecule has 34 heavy (non-hydrogen) atoms. The van der Waals surface area contributed by atoms with Gasteiger partial charge in [0.05, 0.1) is 25.0 Å². The van der Waals surface area contributed by atoms with E-state index < -0.39 is 54.0 Å². The van der Waals surface area contributed by atoms with Crippen LogP contribution in [0.5, 0.6) is 0 Å². The number of ether oxygens (including phenoxy) is 1. The lowest BCUT2D eigenvalue weighted by atomic mass is 9.96. The smallest absolute Gasteiger partial charge is 0.309 e. The predicted molar refractivity (Wildman–Crippen MR) is 137 cm³/mol. The summed E-state index contributed by atoms with van der Waals surface area (Å²) in [5.74, 6) is -0.440. The number of allylic oxidation sites excluding steroid dienone is 1. The maximum Gasteiger partial charge on any atom is 0.309 e. The summed E-state index contributed by atoms with van der Waals surface area (Å²) in [5.41, 5.74) is 0. The van der Waals surface area contributed by atoms with Crippen molar-refractivity contribution >= 4 is 57.0 Å². The van der Waals surface area contributed by atoms with Crippen LogP contribution in [-0.4, -0.2) is 82.6 Å². The SMILES string of the molecule is CSCC[C@@H]1NC(=O)CC2/C=C/CCSSC[C@@H](NC1=O)C(=O)N[C@@H](C(C)C)C(O)CC(=O)O2. The second-order valence-electron chi connectivity index (χ2n) is 8.57. The third-order valence-electron chi connectivity index (χ3n) is 5.42. The molecule has 0 spiro atoms. The Balaban J connectivity index is 2.45. The topological polar surface area (TPSA) is 134 Å². The van der Waals surface area contributed by atoms with Gasteiger partial charge in [-0.1, -0.05) is 41.5 Å². The van der Waals surface area contributed by atoms with E-state index in [1.807, 2.05) is 26.2 Å². The highest BCUT2D eigenvalue weighted by Gasteiger charge is 2.33. The number of hydrogen-bond acceptors (Lipinski definition) is 9. The Morgan fingerprint density at radius 2 is 1.88 bits per heavy atom. The zero-order chi connectivity index (χ0) is 25.1. The van der Waals surface area contributed by atoms with Crippen molar-refractivity contribution in [3.63, 3.8) is 0 Å². The molecule has 9 nitrogen and oxygen atoms in total. The number of rotatable bonds is 4. The minimum atomic E-state index is -1.18. The molecule has 2 aliphatic rings. The van der Waals surface area contributed by atoms with Gasteiger partial charge in [-0.3, -0.25) is 19.2 Å². The number of carbonyl (C=O) groups is 4. The molecule has 0 saturated carbocycles. The van der Waals surface area contributed by atoms with Crippen LogP contribution in [0.3, 0.4) is 0 Å². The van der Waals surface area contributed by atoms with Crippen LogP contribution in [0.4, 0.5) is 0 Å². The zero-order valence-corrected chi connectivity index (χ0v) is 22.2. The Kier molecular flexibility index (Phi) is 12.6. The summed E-state index contributed by atoms with van der Waals surface area (Å²) in [6, 6.07) is -2.40. The average Bonchev–Trinajstić information content (AvgIpc) is 2.77. The maximum absolute atomic E-state index is 13.2. The predicted octanol–water partition coefficient (Wildman–Crippen LogP) is 1.26. The van der Waals surface area contributed by atoms with Gasteiger partial charge in [0.25, 0.3) is 0 Å². The van der Waals surface area contributed by atoms with Gasteiger partial charge in [0.15, 0.2) is 0 Å². The second kappa shape index (κ2) is 14.9. The third-order valence-corrected chi connectivity index (χ3v) is 8.51. The molecule has 2 rings (SSSR count). The molecule has 2 unspecified atom stereocenters. The van der Waals surface area contributed by atoms with E-state index >= 15 is 0 Å². The van der Waals surface area contributed by atoms with Gasteiger partial charge in [-0.25, -0.2) is 0 Å². The molecule has 0 aromatic heterocycles. The Bertz CT molecular complexity index is 751. The number of nitrogens with one attached hydrogen (secondary N) is 3. The molecule has 2 aliphatic heterocycles. The molecule has 0 aromatic rings. The lowest BCUT2D eigenvalue weighted by Gasteiger charge is -2.29. The summed E-state index contributed by atoms with van der Waals surface area (Å²) < 4.78 is 5.50. The number of fused-ring (bicyclic) bond motifs is 7. The van der Waals surface area contributed by atoms with E-state index in [2.05, 4.69) is 16.0 Å². The number of carbonyl (C=O) groups excluding carboxylic acids is 4. The van der Waals surface area contributed by atoms with Gasteiger partial charge in [0, 0.05) is 11.5 Å². The number of aliphatic hydroxyl groups excluding tert-OH is 1. The summed E-state index contributed by atoms with van der Waals surface area (Å²) in [5, 5.41) is 19.1. The van der Waals surface area contributed by atoms with Gasteiger partial charge in [-0.2, -0.15) is 11.8 Å². The Hall–Kier alpha value is -1.37. The first-order valence-electron chi connectivity index (χ1n) is 11.4. The molecule has 3 amide bonds. The van der Waals surface area contributed by atoms with Crippen molar-refractivity contribution in [2.75, 3.05) is 23.5 Å². The molecule has 0 radical (unpaired) electrons. The highest BCUT2D eigenvalue weighted by atomic mass is 33.1. The van der Waals surface area contributed by atoms with E-state index in [0.29, 0.717) is 24.3 Å². The van der Waals surface area contributed by atoms with Crippen molar-refractivity contribution in [3.05, 3.63) is 12.2 Å². The van der Waals surface area contributed by atoms with Gasteiger partial charge in [-0.15, -0.1) is 0 Å². The summed E-state index contributed by atoms with van der Waals surface area (Å²) in [6.45, 7) is 3.66. The molecule has 1 saturated heterocycles. The van der Waals surface area contributed by atoms with Crippen LogP contribution in [-0.2, 0) is 23.9 Å². The zero-order valence-electron chi connectivity index (χ0n) is 19.8. The number of esters is 1. The summed E-state index contributed by atoms with van der Waals surface area (Å²) >= 11 is 1.55. The summed E-state index contributed by atoms with van der Waals surface area (Å²) in [6.07, 6.45) is 4.05. The van der Waals surface area contributed by atoms with E-state index in [1.165, 1.54) is 10.8 Å². The number of aliphatic hydroxyl groups is 1. The minimum absolute atomic E-state index is 0.141. The first-order chi connectivity index (χ1) is 16.2. The molecule has 2 heterocycles. The molecule has 5 atom stereocenters. The van der Waals surface area contributed by atoms with E-state index in [9.17, 15) is 24.3 Å². The van der Waals surface area contributed by atoms with Gasteiger partial charge in [0.1, 0.15) is 18.2 Å². The van der Waals surface area contributed by atoms with Gasteiger partial charge in [-0.05, 0) is 36.8 Å². The van der Waals surface area contributed by atoms with Gasteiger partial charge < -0.3 is 25.8 Å². The fraction of sp³-hybridized carbons (Fsp3) is 0.727. The molecule has 4 N–H and O–H groups in total. The molecule has 0 aliphatic carbocycles. The van der Waals surface area contributed by atoms with E-state index in [1.54, 1.807) is 28.6 Å². The van der Waals surface area contributed by atoms with Crippen LogP contribution >= 0.6 is 33.3 Å². The first-order valence-corrected chi connectivity index (χ1v) is 15.3. The first kappa shape index (κ1) is 28.9. The fourth-order valence-electron chi connectivity index (χ4n) is 3.57. The van der Waals surface area contributed by atoms with E-state index in [4.69, 9.17) is 4.74 Å². The van der Waals surface area contributed by atoms with Crippen LogP contribution in [0.25, 0.3) is 0 Å². The molecule has 2 bridgehead atoms. The number of thioether (sulfide) groups is 1. The summed E-state index contributed by atoms with van der Waals surface area (Å²) in [4.78, 5) is 51.6. The Morgan fingerprint density at radius 1 is 1.12 bits per heavy atom. The average molecular weight is 534 g/mol. The molecule has 12 heteroatoms. The maximum atomic E-state index is 13.2. The van der Waals surface area contributed by atoms with Crippen LogP contribution in [0.15, 0.2) is 12.2 Å². The molecular formula is C22H35N3O6S3. The van der Waals surface area contributed by atoms with Crippen molar-refractivity contribution in [2.24, 2.45) is 5.92 Å². The molecule has 0 aromatic carbocycles. The molecule has 1 fully saturated rings. The second-order valence-corrected chi connectivity index (χ2v) is 12.2. The lowest BCUT2D eigenvalue weighted by Crippen LogP contribution is -2.58. The normalized spacial score (nSPS) is 31.3. The van der Waals surface area contributed by atoms with Crippen LogP contribution in [0, 0.1) is 5.92 Å². The van der Waals surface area contributed by atoms with Crippen molar-refractivity contribution in [1.82, 2.24) is 16.0 Å². The van der Waals surface area contributed by atoms with Crippen molar-refractivity contribution < 1.29 is 29.0 Å². The minimum Gasteiger partial charge on any atom is -0.457 e. The Labute approximate surface area is 213 Å². The van der Waals surface area contributed by atoms with Crippen molar-refractivity contribution in [3.8, 4) is 0 Å².